The minimum Gasteiger partial charge on any atom is -0.872 e. The summed E-state index contributed by atoms with van der Waals surface area (Å²) in [5.74, 6) is -0.129. The Morgan fingerprint density at radius 3 is 2.00 bits per heavy atom. The van der Waals surface area contributed by atoms with Crippen molar-refractivity contribution in [2.24, 2.45) is 0 Å². The molecular formula is C8H7NaO. The maximum absolute atomic E-state index is 10.5. The second-order valence-corrected chi connectivity index (χ2v) is 1.79. The molecule has 0 fully saturated rings. The van der Waals surface area contributed by atoms with Gasteiger partial charge in [0.1, 0.15) is 0 Å². The van der Waals surface area contributed by atoms with E-state index in [1.807, 2.05) is 18.2 Å². The Hall–Kier alpha value is -0.240. The van der Waals surface area contributed by atoms with Crippen molar-refractivity contribution >= 4 is 5.76 Å². The first-order valence-electron chi connectivity index (χ1n) is 2.72. The van der Waals surface area contributed by atoms with Gasteiger partial charge in [0.05, 0.1) is 0 Å². The topological polar surface area (TPSA) is 23.1 Å². The van der Waals surface area contributed by atoms with E-state index in [9.17, 15) is 5.11 Å². The molecule has 0 heterocycles. The molecule has 1 rings (SSSR count). The van der Waals surface area contributed by atoms with Gasteiger partial charge in [0.15, 0.2) is 0 Å². The van der Waals surface area contributed by atoms with Gasteiger partial charge in [-0.3, -0.25) is 0 Å². The van der Waals surface area contributed by atoms with Crippen LogP contribution >= 0.6 is 0 Å². The Kier molecular flexibility index (Phi) is 4.45. The van der Waals surface area contributed by atoms with Crippen molar-refractivity contribution in [2.75, 3.05) is 0 Å². The minimum absolute atomic E-state index is 0. The van der Waals surface area contributed by atoms with E-state index in [1.165, 1.54) is 0 Å². The van der Waals surface area contributed by atoms with Crippen molar-refractivity contribution in [2.45, 2.75) is 0 Å². The van der Waals surface area contributed by atoms with Crippen molar-refractivity contribution in [3.05, 3.63) is 42.5 Å². The largest absolute Gasteiger partial charge is 1.00 e. The van der Waals surface area contributed by atoms with E-state index in [0.29, 0.717) is 5.56 Å². The summed E-state index contributed by atoms with van der Waals surface area (Å²) in [6.07, 6.45) is 0. The molecule has 0 saturated carbocycles. The Morgan fingerprint density at radius 1 is 1.20 bits per heavy atom. The summed E-state index contributed by atoms with van der Waals surface area (Å²) in [5.41, 5.74) is 0.664. The van der Waals surface area contributed by atoms with Crippen molar-refractivity contribution in [3.8, 4) is 0 Å². The first-order valence-corrected chi connectivity index (χ1v) is 2.72. The molecule has 0 aliphatic heterocycles. The molecule has 0 atom stereocenters. The van der Waals surface area contributed by atoms with E-state index in [0.717, 1.165) is 0 Å². The van der Waals surface area contributed by atoms with Crippen LogP contribution in [0.2, 0.25) is 0 Å². The molecular weight excluding hydrogens is 135 g/mol. The van der Waals surface area contributed by atoms with E-state index in [1.54, 1.807) is 12.1 Å². The summed E-state index contributed by atoms with van der Waals surface area (Å²) in [6.45, 7) is 3.27. The zero-order chi connectivity index (χ0) is 6.69. The summed E-state index contributed by atoms with van der Waals surface area (Å²) in [4.78, 5) is 0. The third kappa shape index (κ3) is 2.56. The number of hydrogen-bond donors (Lipinski definition) is 0. The van der Waals surface area contributed by atoms with E-state index >= 15 is 0 Å². The fraction of sp³-hybridized carbons (Fsp3) is 0. The molecule has 1 aromatic rings. The van der Waals surface area contributed by atoms with E-state index in [4.69, 9.17) is 0 Å². The molecule has 0 saturated heterocycles. The average Bonchev–Trinajstić information content (AvgIpc) is 1.90. The Morgan fingerprint density at radius 2 is 1.70 bits per heavy atom. The summed E-state index contributed by atoms with van der Waals surface area (Å²) in [6, 6.07) is 8.99. The van der Waals surface area contributed by atoms with Crippen LogP contribution in [0.3, 0.4) is 0 Å². The molecule has 0 unspecified atom stereocenters. The predicted octanol–water partition coefficient (Wildman–Crippen LogP) is -1.98. The summed E-state index contributed by atoms with van der Waals surface area (Å²) in [7, 11) is 0. The van der Waals surface area contributed by atoms with Gasteiger partial charge in [0.2, 0.25) is 0 Å². The van der Waals surface area contributed by atoms with Crippen LogP contribution in [-0.4, -0.2) is 0 Å². The predicted molar refractivity (Wildman–Crippen MR) is 35.5 cm³/mol. The van der Waals surface area contributed by atoms with Gasteiger partial charge >= 0.3 is 29.6 Å². The molecule has 0 bridgehead atoms. The summed E-state index contributed by atoms with van der Waals surface area (Å²) in [5, 5.41) is 10.5. The second-order valence-electron chi connectivity index (χ2n) is 1.79. The van der Waals surface area contributed by atoms with Crippen molar-refractivity contribution in [1.29, 1.82) is 0 Å². The summed E-state index contributed by atoms with van der Waals surface area (Å²) < 4.78 is 0. The van der Waals surface area contributed by atoms with Crippen LogP contribution in [-0.2, 0) is 0 Å². The minimum atomic E-state index is -0.129. The molecule has 0 amide bonds. The SMILES string of the molecule is C=C([O-])c1ccccc1.[Na+]. The Balaban J connectivity index is 0.000000810. The van der Waals surface area contributed by atoms with Crippen LogP contribution in [0.15, 0.2) is 36.9 Å². The molecule has 0 spiro atoms. The van der Waals surface area contributed by atoms with Gasteiger partial charge in [-0.2, -0.15) is 0 Å². The third-order valence-corrected chi connectivity index (χ3v) is 1.10. The number of hydrogen-bond acceptors (Lipinski definition) is 1. The van der Waals surface area contributed by atoms with Crippen molar-refractivity contribution < 1.29 is 34.7 Å². The maximum Gasteiger partial charge on any atom is 1.00 e. The first kappa shape index (κ1) is 9.76. The van der Waals surface area contributed by atoms with Crippen molar-refractivity contribution in [3.63, 3.8) is 0 Å². The van der Waals surface area contributed by atoms with Gasteiger partial charge < -0.3 is 5.11 Å². The summed E-state index contributed by atoms with van der Waals surface area (Å²) >= 11 is 0. The molecule has 2 heteroatoms. The first-order chi connectivity index (χ1) is 4.30. The molecule has 0 radical (unpaired) electrons. The van der Waals surface area contributed by atoms with Gasteiger partial charge in [-0.15, -0.1) is 12.3 Å². The fourth-order valence-corrected chi connectivity index (χ4v) is 0.624. The maximum atomic E-state index is 10.5. The molecule has 46 valence electrons. The Labute approximate surface area is 82.7 Å². The smallest absolute Gasteiger partial charge is 0.872 e. The van der Waals surface area contributed by atoms with Gasteiger partial charge in [-0.1, -0.05) is 30.3 Å². The van der Waals surface area contributed by atoms with E-state index < -0.39 is 0 Å². The van der Waals surface area contributed by atoms with Crippen LogP contribution in [0.4, 0.5) is 0 Å². The third-order valence-electron chi connectivity index (χ3n) is 1.10. The number of benzene rings is 1. The van der Waals surface area contributed by atoms with Gasteiger partial charge in [0.25, 0.3) is 0 Å². The van der Waals surface area contributed by atoms with E-state index in [2.05, 4.69) is 6.58 Å². The number of rotatable bonds is 1. The second kappa shape index (κ2) is 4.56. The average molecular weight is 142 g/mol. The van der Waals surface area contributed by atoms with E-state index in [-0.39, 0.29) is 35.3 Å². The molecule has 10 heavy (non-hydrogen) atoms. The van der Waals surface area contributed by atoms with Gasteiger partial charge in [0, 0.05) is 0 Å². The molecule has 0 aliphatic carbocycles. The van der Waals surface area contributed by atoms with Crippen molar-refractivity contribution in [1.82, 2.24) is 0 Å². The fourth-order valence-electron chi connectivity index (χ4n) is 0.624. The van der Waals surface area contributed by atoms with Crippen LogP contribution in [0.5, 0.6) is 0 Å². The van der Waals surface area contributed by atoms with Crippen LogP contribution < -0.4 is 34.7 Å². The molecule has 1 nitrogen and oxygen atoms in total. The van der Waals surface area contributed by atoms with Crippen LogP contribution in [0.25, 0.3) is 5.76 Å². The standard InChI is InChI=1S/C8H8O.Na/c1-7(9)8-5-3-2-4-6-8;/h2-6,9H,1H2;/q;+1/p-1. The van der Waals surface area contributed by atoms with Gasteiger partial charge in [-0.05, 0) is 5.56 Å². The zero-order valence-electron chi connectivity index (χ0n) is 6.00. The van der Waals surface area contributed by atoms with Gasteiger partial charge in [-0.25, -0.2) is 0 Å². The quantitative estimate of drug-likeness (QED) is 0.329. The Bertz CT molecular complexity index is 206. The monoisotopic (exact) mass is 142 g/mol. The van der Waals surface area contributed by atoms with Crippen LogP contribution in [0, 0.1) is 0 Å². The molecule has 1 aromatic carbocycles. The molecule has 0 aromatic heterocycles. The molecule has 0 aliphatic rings. The zero-order valence-corrected chi connectivity index (χ0v) is 8.00. The van der Waals surface area contributed by atoms with Crippen LogP contribution in [0.1, 0.15) is 5.56 Å². The molecule has 0 N–H and O–H groups in total. The normalized spacial score (nSPS) is 8.00.